The van der Waals surface area contributed by atoms with Gasteiger partial charge in [0.2, 0.25) is 0 Å². The summed E-state index contributed by atoms with van der Waals surface area (Å²) in [6, 6.07) is 0. The minimum Gasteiger partial charge on any atom is -0.389 e. The van der Waals surface area contributed by atoms with Crippen LogP contribution in [0.25, 0.3) is 0 Å². The number of ether oxygens (including phenoxy) is 1. The molecule has 4 heteroatoms. The van der Waals surface area contributed by atoms with Crippen molar-refractivity contribution in [3.05, 3.63) is 0 Å². The molecule has 86 valence electrons. The minimum absolute atomic E-state index is 0.196. The molecule has 0 aromatic carbocycles. The van der Waals surface area contributed by atoms with Crippen molar-refractivity contribution in [2.45, 2.75) is 26.1 Å². The normalized spacial score (nSPS) is 13.9. The third kappa shape index (κ3) is 8.81. The zero-order chi connectivity index (χ0) is 11.0. The lowest BCUT2D eigenvalue weighted by Gasteiger charge is -2.20. The molecule has 1 unspecified atom stereocenters. The summed E-state index contributed by atoms with van der Waals surface area (Å²) < 4.78 is 5.33. The Labute approximate surface area is 91.8 Å². The van der Waals surface area contributed by atoms with Gasteiger partial charge in [-0.3, -0.25) is 0 Å². The molecule has 0 aliphatic heterocycles. The second-order valence-electron chi connectivity index (χ2n) is 3.79. The van der Waals surface area contributed by atoms with E-state index in [1.807, 2.05) is 32.7 Å². The minimum atomic E-state index is -0.371. The molecule has 0 rings (SSSR count). The van der Waals surface area contributed by atoms with Crippen molar-refractivity contribution in [3.8, 4) is 0 Å². The number of thioether (sulfide) groups is 1. The predicted octanol–water partition coefficient (Wildman–Crippen LogP) is 1.07. The van der Waals surface area contributed by atoms with Crippen LogP contribution in [0.1, 0.15) is 13.8 Å². The highest BCUT2D eigenvalue weighted by atomic mass is 32.2. The van der Waals surface area contributed by atoms with Crippen molar-refractivity contribution in [2.24, 2.45) is 0 Å². The van der Waals surface area contributed by atoms with Gasteiger partial charge in [0, 0.05) is 18.8 Å². The van der Waals surface area contributed by atoms with Crippen LogP contribution in [-0.4, -0.2) is 61.0 Å². The first-order chi connectivity index (χ1) is 6.56. The van der Waals surface area contributed by atoms with Crippen LogP contribution in [0.2, 0.25) is 0 Å². The molecule has 0 aromatic heterocycles. The number of nitrogens with zero attached hydrogens (tertiary/aromatic N) is 1. The summed E-state index contributed by atoms with van der Waals surface area (Å²) in [5.41, 5.74) is 0. The summed E-state index contributed by atoms with van der Waals surface area (Å²) in [6.45, 7) is 6.09. The standard InChI is InChI=1S/C10H23NO2S/c1-9(2)13-8-10(12)7-11(3)5-6-14-4/h9-10,12H,5-8H2,1-4H3. The monoisotopic (exact) mass is 221 g/mol. The van der Waals surface area contributed by atoms with Gasteiger partial charge in [-0.25, -0.2) is 0 Å². The van der Waals surface area contributed by atoms with E-state index in [0.717, 1.165) is 12.3 Å². The van der Waals surface area contributed by atoms with E-state index in [1.165, 1.54) is 0 Å². The molecule has 0 fully saturated rings. The van der Waals surface area contributed by atoms with Crippen LogP contribution in [-0.2, 0) is 4.74 Å². The molecule has 0 saturated heterocycles. The molecule has 0 aromatic rings. The van der Waals surface area contributed by atoms with Gasteiger partial charge in [0.1, 0.15) is 0 Å². The molecule has 14 heavy (non-hydrogen) atoms. The summed E-state index contributed by atoms with van der Waals surface area (Å²) in [5, 5.41) is 9.59. The second-order valence-corrected chi connectivity index (χ2v) is 4.78. The fraction of sp³-hybridized carbons (Fsp3) is 1.00. The van der Waals surface area contributed by atoms with Gasteiger partial charge in [-0.15, -0.1) is 0 Å². The van der Waals surface area contributed by atoms with Gasteiger partial charge >= 0.3 is 0 Å². The van der Waals surface area contributed by atoms with Crippen LogP contribution in [0.3, 0.4) is 0 Å². The highest BCUT2D eigenvalue weighted by molar-refractivity contribution is 7.98. The van der Waals surface area contributed by atoms with E-state index < -0.39 is 0 Å². The second kappa shape index (κ2) is 8.53. The van der Waals surface area contributed by atoms with E-state index in [1.54, 1.807) is 0 Å². The Morgan fingerprint density at radius 1 is 1.43 bits per heavy atom. The molecular weight excluding hydrogens is 198 g/mol. The Balaban J connectivity index is 3.44. The molecule has 0 saturated carbocycles. The Kier molecular flexibility index (Phi) is 8.67. The van der Waals surface area contributed by atoms with Crippen LogP contribution in [0.5, 0.6) is 0 Å². The van der Waals surface area contributed by atoms with Gasteiger partial charge in [0.05, 0.1) is 18.8 Å². The van der Waals surface area contributed by atoms with Gasteiger partial charge in [-0.1, -0.05) is 0 Å². The molecule has 0 aliphatic carbocycles. The summed E-state index contributed by atoms with van der Waals surface area (Å²) in [5.74, 6) is 1.11. The molecule has 0 heterocycles. The predicted molar refractivity (Wildman–Crippen MR) is 63.0 cm³/mol. The number of rotatable bonds is 8. The van der Waals surface area contributed by atoms with Gasteiger partial charge in [0.15, 0.2) is 0 Å². The number of likely N-dealkylation sites (N-methyl/N-ethyl adjacent to an activating group) is 1. The van der Waals surface area contributed by atoms with Crippen LogP contribution in [0, 0.1) is 0 Å². The topological polar surface area (TPSA) is 32.7 Å². The molecule has 1 atom stereocenters. The molecule has 0 amide bonds. The molecule has 0 radical (unpaired) electrons. The molecule has 0 aliphatic rings. The van der Waals surface area contributed by atoms with E-state index in [-0.39, 0.29) is 12.2 Å². The van der Waals surface area contributed by atoms with Crippen molar-refractivity contribution in [2.75, 3.05) is 38.8 Å². The van der Waals surface area contributed by atoms with Crippen LogP contribution >= 0.6 is 11.8 Å². The molecule has 1 N–H and O–H groups in total. The van der Waals surface area contributed by atoms with Crippen LogP contribution in [0.15, 0.2) is 0 Å². The van der Waals surface area contributed by atoms with Crippen LogP contribution < -0.4 is 0 Å². The smallest absolute Gasteiger partial charge is 0.0900 e. The number of hydrogen-bond acceptors (Lipinski definition) is 4. The van der Waals surface area contributed by atoms with Crippen molar-refractivity contribution in [1.82, 2.24) is 4.90 Å². The van der Waals surface area contributed by atoms with Crippen molar-refractivity contribution < 1.29 is 9.84 Å². The van der Waals surface area contributed by atoms with E-state index in [9.17, 15) is 5.11 Å². The highest BCUT2D eigenvalue weighted by Crippen LogP contribution is 1.97. The fourth-order valence-electron chi connectivity index (χ4n) is 1.05. The van der Waals surface area contributed by atoms with E-state index in [4.69, 9.17) is 4.74 Å². The third-order valence-electron chi connectivity index (χ3n) is 1.82. The lowest BCUT2D eigenvalue weighted by molar-refractivity contribution is -0.00492. The van der Waals surface area contributed by atoms with Crippen LogP contribution in [0.4, 0.5) is 0 Å². The lowest BCUT2D eigenvalue weighted by Crippen LogP contribution is -2.34. The number of hydrogen-bond donors (Lipinski definition) is 1. The summed E-state index contributed by atoms with van der Waals surface area (Å²) in [4.78, 5) is 2.13. The summed E-state index contributed by atoms with van der Waals surface area (Å²) in [7, 11) is 2.02. The Morgan fingerprint density at radius 2 is 2.07 bits per heavy atom. The fourth-order valence-corrected chi connectivity index (χ4v) is 1.55. The Morgan fingerprint density at radius 3 is 2.57 bits per heavy atom. The quantitative estimate of drug-likeness (QED) is 0.664. The first-order valence-corrected chi connectivity index (χ1v) is 6.42. The van der Waals surface area contributed by atoms with Gasteiger partial charge in [0.25, 0.3) is 0 Å². The summed E-state index contributed by atoms with van der Waals surface area (Å²) >= 11 is 1.82. The average Bonchev–Trinajstić information content (AvgIpc) is 2.11. The first kappa shape index (κ1) is 14.2. The van der Waals surface area contributed by atoms with Crippen molar-refractivity contribution in [1.29, 1.82) is 0 Å². The van der Waals surface area contributed by atoms with E-state index in [0.29, 0.717) is 13.2 Å². The maximum atomic E-state index is 9.59. The third-order valence-corrected chi connectivity index (χ3v) is 2.41. The molecular formula is C10H23NO2S. The largest absolute Gasteiger partial charge is 0.389 e. The zero-order valence-corrected chi connectivity index (χ0v) is 10.5. The van der Waals surface area contributed by atoms with Crippen molar-refractivity contribution >= 4 is 11.8 Å². The average molecular weight is 221 g/mol. The molecule has 0 spiro atoms. The summed E-state index contributed by atoms with van der Waals surface area (Å²) in [6.07, 6.45) is 1.91. The van der Waals surface area contributed by atoms with Gasteiger partial charge in [-0.05, 0) is 27.2 Å². The highest BCUT2D eigenvalue weighted by Gasteiger charge is 2.08. The lowest BCUT2D eigenvalue weighted by atomic mass is 10.3. The maximum absolute atomic E-state index is 9.59. The number of aliphatic hydroxyl groups excluding tert-OH is 1. The maximum Gasteiger partial charge on any atom is 0.0900 e. The molecule has 0 bridgehead atoms. The van der Waals surface area contributed by atoms with Gasteiger partial charge < -0.3 is 14.7 Å². The molecule has 3 nitrogen and oxygen atoms in total. The SMILES string of the molecule is CSCCN(C)CC(O)COC(C)C. The zero-order valence-electron chi connectivity index (χ0n) is 9.69. The van der Waals surface area contributed by atoms with E-state index >= 15 is 0 Å². The Bertz CT molecular complexity index is 133. The van der Waals surface area contributed by atoms with Crippen molar-refractivity contribution in [3.63, 3.8) is 0 Å². The van der Waals surface area contributed by atoms with E-state index in [2.05, 4.69) is 11.2 Å². The first-order valence-electron chi connectivity index (χ1n) is 5.03. The van der Waals surface area contributed by atoms with Gasteiger partial charge in [-0.2, -0.15) is 11.8 Å². The number of aliphatic hydroxyl groups is 1. The Hall–Kier alpha value is 0.230.